The summed E-state index contributed by atoms with van der Waals surface area (Å²) >= 11 is 0. The molecule has 0 spiro atoms. The average Bonchev–Trinajstić information content (AvgIpc) is 2.43. The molecule has 0 saturated carbocycles. The van der Waals surface area contributed by atoms with Crippen LogP contribution < -0.4 is 10.6 Å². The maximum Gasteiger partial charge on any atom is 0.0372 e. The average molecular weight is 254 g/mol. The molecule has 0 aliphatic carbocycles. The van der Waals surface area contributed by atoms with Crippen LogP contribution in [-0.2, 0) is 6.54 Å². The van der Waals surface area contributed by atoms with Gasteiger partial charge in [-0.3, -0.25) is 0 Å². The normalized spacial score (nSPS) is 10.4. The van der Waals surface area contributed by atoms with Crippen LogP contribution in [0.3, 0.4) is 0 Å². The lowest BCUT2D eigenvalue weighted by atomic mass is 10.1. The predicted octanol–water partition coefficient (Wildman–Crippen LogP) is 3.51. The van der Waals surface area contributed by atoms with Crippen molar-refractivity contribution in [2.45, 2.75) is 20.4 Å². The summed E-state index contributed by atoms with van der Waals surface area (Å²) in [5, 5.41) is 6.92. The Labute approximate surface area is 115 Å². The van der Waals surface area contributed by atoms with E-state index in [1.807, 2.05) is 6.07 Å². The van der Waals surface area contributed by atoms with E-state index in [0.29, 0.717) is 0 Å². The minimum atomic E-state index is 0.926. The molecule has 2 heteroatoms. The summed E-state index contributed by atoms with van der Waals surface area (Å²) in [5.74, 6) is 0. The first-order valence-corrected chi connectivity index (χ1v) is 6.81. The van der Waals surface area contributed by atoms with Gasteiger partial charge in [-0.15, -0.1) is 0 Å². The molecular weight excluding hydrogens is 232 g/mol. The van der Waals surface area contributed by atoms with Gasteiger partial charge in [0.05, 0.1) is 0 Å². The van der Waals surface area contributed by atoms with Gasteiger partial charge >= 0.3 is 0 Å². The second-order valence-corrected chi connectivity index (χ2v) is 4.91. The van der Waals surface area contributed by atoms with Crippen molar-refractivity contribution in [2.75, 3.05) is 18.4 Å². The highest BCUT2D eigenvalue weighted by Crippen LogP contribution is 2.15. The van der Waals surface area contributed by atoms with E-state index in [-0.39, 0.29) is 0 Å². The lowest BCUT2D eigenvalue weighted by Gasteiger charge is -2.11. The van der Waals surface area contributed by atoms with Crippen molar-refractivity contribution in [1.82, 2.24) is 5.32 Å². The second-order valence-electron chi connectivity index (χ2n) is 4.91. The summed E-state index contributed by atoms with van der Waals surface area (Å²) in [6, 6.07) is 17.0. The van der Waals surface area contributed by atoms with Crippen LogP contribution in [0.4, 0.5) is 5.69 Å². The van der Waals surface area contributed by atoms with E-state index in [2.05, 4.69) is 66.9 Å². The Kier molecular flexibility index (Phi) is 4.99. The number of benzene rings is 2. The molecule has 100 valence electrons. The van der Waals surface area contributed by atoms with E-state index >= 15 is 0 Å². The molecule has 0 unspecified atom stereocenters. The van der Waals surface area contributed by atoms with Crippen LogP contribution >= 0.6 is 0 Å². The maximum absolute atomic E-state index is 3.48. The van der Waals surface area contributed by atoms with Gasteiger partial charge in [-0.25, -0.2) is 0 Å². The first-order chi connectivity index (χ1) is 9.25. The summed E-state index contributed by atoms with van der Waals surface area (Å²) < 4.78 is 0. The highest BCUT2D eigenvalue weighted by molar-refractivity contribution is 5.52. The molecule has 0 radical (unpaired) electrons. The van der Waals surface area contributed by atoms with Gasteiger partial charge in [0, 0.05) is 25.3 Å². The summed E-state index contributed by atoms with van der Waals surface area (Å²) in [5.41, 5.74) is 5.16. The Morgan fingerprint density at radius 1 is 0.895 bits per heavy atom. The highest BCUT2D eigenvalue weighted by atomic mass is 14.9. The predicted molar refractivity (Wildman–Crippen MR) is 82.6 cm³/mol. The topological polar surface area (TPSA) is 24.1 Å². The highest BCUT2D eigenvalue weighted by Gasteiger charge is 1.97. The van der Waals surface area contributed by atoms with Crippen LogP contribution in [0.25, 0.3) is 0 Å². The largest absolute Gasteiger partial charge is 0.384 e. The molecule has 0 aromatic heterocycles. The number of hydrogen-bond donors (Lipinski definition) is 2. The summed E-state index contributed by atoms with van der Waals surface area (Å²) in [4.78, 5) is 0. The Hall–Kier alpha value is -1.80. The van der Waals surface area contributed by atoms with E-state index in [0.717, 1.165) is 19.6 Å². The van der Waals surface area contributed by atoms with Crippen LogP contribution in [-0.4, -0.2) is 13.1 Å². The van der Waals surface area contributed by atoms with Gasteiger partial charge in [-0.05, 0) is 36.6 Å². The van der Waals surface area contributed by atoms with Crippen molar-refractivity contribution in [3.63, 3.8) is 0 Å². The van der Waals surface area contributed by atoms with Gasteiger partial charge in [-0.2, -0.15) is 0 Å². The van der Waals surface area contributed by atoms with E-state index in [9.17, 15) is 0 Å². The zero-order valence-corrected chi connectivity index (χ0v) is 11.7. The van der Waals surface area contributed by atoms with E-state index in [1.54, 1.807) is 0 Å². The summed E-state index contributed by atoms with van der Waals surface area (Å²) in [6.07, 6.45) is 0. The van der Waals surface area contributed by atoms with Gasteiger partial charge in [0.1, 0.15) is 0 Å². The molecule has 2 aromatic rings. The van der Waals surface area contributed by atoms with Gasteiger partial charge in [-0.1, -0.05) is 42.5 Å². The number of rotatable bonds is 6. The van der Waals surface area contributed by atoms with Crippen molar-refractivity contribution >= 4 is 5.69 Å². The molecule has 2 rings (SSSR count). The lowest BCUT2D eigenvalue weighted by molar-refractivity contribution is 0.706. The van der Waals surface area contributed by atoms with Crippen molar-refractivity contribution in [1.29, 1.82) is 0 Å². The molecule has 2 aromatic carbocycles. The second kappa shape index (κ2) is 6.95. The van der Waals surface area contributed by atoms with Gasteiger partial charge in [0.2, 0.25) is 0 Å². The molecule has 2 nitrogen and oxygen atoms in total. The van der Waals surface area contributed by atoms with Crippen LogP contribution in [0.15, 0.2) is 48.5 Å². The first kappa shape index (κ1) is 13.6. The van der Waals surface area contributed by atoms with E-state index in [1.165, 1.54) is 22.4 Å². The molecule has 0 aliphatic rings. The van der Waals surface area contributed by atoms with Gasteiger partial charge in [0.15, 0.2) is 0 Å². The van der Waals surface area contributed by atoms with Crippen LogP contribution in [0.1, 0.15) is 16.7 Å². The SMILES string of the molecule is Cc1ccc(C)c(NCCNCc2ccccc2)c1. The zero-order chi connectivity index (χ0) is 13.5. The van der Waals surface area contributed by atoms with Gasteiger partial charge in [0.25, 0.3) is 0 Å². The maximum atomic E-state index is 3.48. The van der Waals surface area contributed by atoms with Crippen LogP contribution in [0.5, 0.6) is 0 Å². The third-order valence-electron chi connectivity index (χ3n) is 3.18. The summed E-state index contributed by atoms with van der Waals surface area (Å²) in [6.45, 7) is 7.09. The molecule has 0 amide bonds. The molecule has 0 aliphatic heterocycles. The number of anilines is 1. The molecule has 0 heterocycles. The van der Waals surface area contributed by atoms with Gasteiger partial charge < -0.3 is 10.6 Å². The molecular formula is C17H22N2. The Morgan fingerprint density at radius 2 is 1.68 bits per heavy atom. The van der Waals surface area contributed by atoms with Crippen LogP contribution in [0.2, 0.25) is 0 Å². The minimum absolute atomic E-state index is 0.926. The van der Waals surface area contributed by atoms with Crippen molar-refractivity contribution in [3.05, 3.63) is 65.2 Å². The molecule has 0 saturated heterocycles. The lowest BCUT2D eigenvalue weighted by Crippen LogP contribution is -2.22. The third kappa shape index (κ3) is 4.42. The Morgan fingerprint density at radius 3 is 2.47 bits per heavy atom. The quantitative estimate of drug-likeness (QED) is 0.771. The summed E-state index contributed by atoms with van der Waals surface area (Å²) in [7, 11) is 0. The fourth-order valence-electron chi connectivity index (χ4n) is 2.04. The molecule has 19 heavy (non-hydrogen) atoms. The minimum Gasteiger partial charge on any atom is -0.384 e. The standard InChI is InChI=1S/C17H22N2/c1-14-8-9-15(2)17(12-14)19-11-10-18-13-16-6-4-3-5-7-16/h3-9,12,18-19H,10-11,13H2,1-2H3. The monoisotopic (exact) mass is 254 g/mol. The number of nitrogens with one attached hydrogen (secondary N) is 2. The number of hydrogen-bond acceptors (Lipinski definition) is 2. The van der Waals surface area contributed by atoms with Crippen molar-refractivity contribution < 1.29 is 0 Å². The van der Waals surface area contributed by atoms with E-state index in [4.69, 9.17) is 0 Å². The third-order valence-corrected chi connectivity index (χ3v) is 3.18. The van der Waals surface area contributed by atoms with Crippen molar-refractivity contribution in [3.8, 4) is 0 Å². The number of aryl methyl sites for hydroxylation is 2. The molecule has 0 bridgehead atoms. The molecule has 0 fully saturated rings. The Balaban J connectivity index is 1.71. The van der Waals surface area contributed by atoms with E-state index < -0.39 is 0 Å². The fraction of sp³-hybridized carbons (Fsp3) is 0.294. The first-order valence-electron chi connectivity index (χ1n) is 6.81. The smallest absolute Gasteiger partial charge is 0.0372 e. The Bertz CT molecular complexity index is 506. The molecule has 2 N–H and O–H groups in total. The zero-order valence-electron chi connectivity index (χ0n) is 11.7. The fourth-order valence-corrected chi connectivity index (χ4v) is 2.04. The van der Waals surface area contributed by atoms with Crippen molar-refractivity contribution in [2.24, 2.45) is 0 Å². The molecule has 0 atom stereocenters. The van der Waals surface area contributed by atoms with Crippen LogP contribution in [0, 0.1) is 13.8 Å².